The average molecular weight is 412 g/mol. The maximum atomic E-state index is 13.4. The molecule has 0 radical (unpaired) electrons. The number of amides is 2. The molecule has 1 saturated carbocycles. The number of pyridine rings is 1. The lowest BCUT2D eigenvalue weighted by molar-refractivity contribution is 0.0192. The van der Waals surface area contributed by atoms with E-state index < -0.39 is 5.60 Å². The number of fused-ring (bicyclic) bond motifs is 1. The van der Waals surface area contributed by atoms with Crippen LogP contribution in [0.1, 0.15) is 60.9 Å². The molecule has 2 aromatic rings. The summed E-state index contributed by atoms with van der Waals surface area (Å²) in [5.74, 6) is -0.0952. The van der Waals surface area contributed by atoms with Gasteiger partial charge in [-0.3, -0.25) is 14.5 Å². The average Bonchev–Trinajstić information content (AvgIpc) is 3.39. The Morgan fingerprint density at radius 2 is 1.90 bits per heavy atom. The molecule has 30 heavy (non-hydrogen) atoms. The first-order valence-corrected chi connectivity index (χ1v) is 10.3. The van der Waals surface area contributed by atoms with Crippen molar-refractivity contribution in [3.63, 3.8) is 0 Å². The van der Waals surface area contributed by atoms with Gasteiger partial charge in [0.25, 0.3) is 5.91 Å². The molecule has 8 heteroatoms. The van der Waals surface area contributed by atoms with Crippen molar-refractivity contribution < 1.29 is 14.3 Å². The van der Waals surface area contributed by atoms with E-state index in [0.29, 0.717) is 25.2 Å². The van der Waals surface area contributed by atoms with E-state index >= 15 is 0 Å². The van der Waals surface area contributed by atoms with Crippen LogP contribution in [0.25, 0.3) is 0 Å². The van der Waals surface area contributed by atoms with Crippen LogP contribution in [0.5, 0.6) is 0 Å². The molecular weight excluding hydrogens is 382 g/mol. The summed E-state index contributed by atoms with van der Waals surface area (Å²) >= 11 is 0. The Kier molecular flexibility index (Phi) is 4.83. The standard InChI is InChI=1S/C22H29N5O3/c1-15-6-7-18(23-12-15)22(8-9-22)25(5)19(28)16-13-24-27-11-10-26(14-17(16)27)20(29)30-21(2,3)4/h6-7,12-13H,8-11,14H2,1-5H3. The van der Waals surface area contributed by atoms with Gasteiger partial charge in [0.1, 0.15) is 5.60 Å². The maximum absolute atomic E-state index is 13.4. The van der Waals surface area contributed by atoms with Crippen molar-refractivity contribution >= 4 is 12.0 Å². The van der Waals surface area contributed by atoms with E-state index in [1.54, 1.807) is 16.0 Å². The van der Waals surface area contributed by atoms with Crippen LogP contribution in [-0.4, -0.2) is 55.8 Å². The largest absolute Gasteiger partial charge is 0.444 e. The molecule has 1 aliphatic heterocycles. The monoisotopic (exact) mass is 411 g/mol. The Balaban J connectivity index is 1.55. The van der Waals surface area contributed by atoms with Gasteiger partial charge in [-0.1, -0.05) is 6.07 Å². The fraction of sp³-hybridized carbons (Fsp3) is 0.545. The molecule has 0 aromatic carbocycles. The number of hydrogen-bond acceptors (Lipinski definition) is 5. The first kappa shape index (κ1) is 20.4. The number of nitrogens with zero attached hydrogens (tertiary/aromatic N) is 5. The quantitative estimate of drug-likeness (QED) is 0.775. The second kappa shape index (κ2) is 7.11. The molecule has 1 aliphatic carbocycles. The van der Waals surface area contributed by atoms with Crippen molar-refractivity contribution in [1.29, 1.82) is 0 Å². The fourth-order valence-corrected chi connectivity index (χ4v) is 3.91. The van der Waals surface area contributed by atoms with E-state index in [9.17, 15) is 9.59 Å². The van der Waals surface area contributed by atoms with E-state index in [1.807, 2.05) is 57.8 Å². The molecule has 0 atom stereocenters. The minimum atomic E-state index is -0.562. The molecule has 0 unspecified atom stereocenters. The van der Waals surface area contributed by atoms with Gasteiger partial charge >= 0.3 is 6.09 Å². The number of carbonyl (C=O) groups is 2. The summed E-state index contributed by atoms with van der Waals surface area (Å²) in [7, 11) is 1.83. The van der Waals surface area contributed by atoms with Gasteiger partial charge in [0.05, 0.1) is 41.8 Å². The zero-order chi connectivity index (χ0) is 21.7. The fourth-order valence-electron chi connectivity index (χ4n) is 3.91. The second-order valence-corrected chi connectivity index (χ2v) is 9.25. The van der Waals surface area contributed by atoms with Crippen LogP contribution in [0.4, 0.5) is 4.79 Å². The Bertz CT molecular complexity index is 970. The molecule has 160 valence electrons. The van der Waals surface area contributed by atoms with Gasteiger partial charge in [0, 0.05) is 19.8 Å². The number of hydrogen-bond donors (Lipinski definition) is 0. The van der Waals surface area contributed by atoms with Crippen molar-refractivity contribution in [3.05, 3.63) is 47.0 Å². The number of carbonyl (C=O) groups excluding carboxylic acids is 2. The SMILES string of the molecule is Cc1ccc(C2(N(C)C(=O)c3cnn4c3CN(C(=O)OC(C)(C)C)CC4)CC2)nc1. The van der Waals surface area contributed by atoms with Gasteiger partial charge < -0.3 is 14.5 Å². The van der Waals surface area contributed by atoms with E-state index in [4.69, 9.17) is 4.74 Å². The topological polar surface area (TPSA) is 80.6 Å². The molecule has 0 spiro atoms. The second-order valence-electron chi connectivity index (χ2n) is 9.25. The van der Waals surface area contributed by atoms with E-state index in [1.165, 1.54) is 0 Å². The van der Waals surface area contributed by atoms with Crippen molar-refractivity contribution in [2.24, 2.45) is 0 Å². The molecule has 8 nitrogen and oxygen atoms in total. The molecule has 0 N–H and O–H groups in total. The molecule has 4 rings (SSSR count). The van der Waals surface area contributed by atoms with Crippen molar-refractivity contribution in [2.45, 2.75) is 64.8 Å². The molecule has 2 aliphatic rings. The molecule has 2 aromatic heterocycles. The van der Waals surface area contributed by atoms with Gasteiger partial charge in [-0.05, 0) is 52.2 Å². The predicted octanol–water partition coefficient (Wildman–Crippen LogP) is 3.10. The maximum Gasteiger partial charge on any atom is 0.410 e. The van der Waals surface area contributed by atoms with Crippen molar-refractivity contribution in [3.8, 4) is 0 Å². The lowest BCUT2D eigenvalue weighted by Gasteiger charge is -2.32. The van der Waals surface area contributed by atoms with Crippen molar-refractivity contribution in [1.82, 2.24) is 24.6 Å². The molecule has 0 saturated heterocycles. The van der Waals surface area contributed by atoms with Gasteiger partial charge in [-0.15, -0.1) is 0 Å². The van der Waals surface area contributed by atoms with Crippen LogP contribution < -0.4 is 0 Å². The molecule has 2 amide bonds. The van der Waals surface area contributed by atoms with Gasteiger partial charge in [0.15, 0.2) is 0 Å². The Morgan fingerprint density at radius 3 is 2.50 bits per heavy atom. The van der Waals surface area contributed by atoms with Crippen LogP contribution in [0.15, 0.2) is 24.5 Å². The zero-order valence-electron chi connectivity index (χ0n) is 18.3. The first-order valence-electron chi connectivity index (χ1n) is 10.3. The van der Waals surface area contributed by atoms with Crippen LogP contribution >= 0.6 is 0 Å². The highest BCUT2D eigenvalue weighted by Crippen LogP contribution is 2.50. The van der Waals surface area contributed by atoms with Crippen LogP contribution in [0.3, 0.4) is 0 Å². The van der Waals surface area contributed by atoms with Crippen LogP contribution in [0, 0.1) is 6.92 Å². The first-order chi connectivity index (χ1) is 14.1. The number of aryl methyl sites for hydroxylation is 1. The highest BCUT2D eigenvalue weighted by Gasteiger charge is 2.51. The zero-order valence-corrected chi connectivity index (χ0v) is 18.3. The smallest absolute Gasteiger partial charge is 0.410 e. The third-order valence-corrected chi connectivity index (χ3v) is 5.81. The lowest BCUT2D eigenvalue weighted by Crippen LogP contribution is -2.43. The van der Waals surface area contributed by atoms with E-state index in [-0.39, 0.29) is 17.5 Å². The predicted molar refractivity (Wildman–Crippen MR) is 111 cm³/mol. The minimum Gasteiger partial charge on any atom is -0.444 e. The number of rotatable bonds is 3. The highest BCUT2D eigenvalue weighted by molar-refractivity contribution is 5.96. The highest BCUT2D eigenvalue weighted by atomic mass is 16.6. The summed E-state index contributed by atoms with van der Waals surface area (Å²) in [6.07, 6.45) is 4.86. The summed E-state index contributed by atoms with van der Waals surface area (Å²) in [4.78, 5) is 33.9. The summed E-state index contributed by atoms with van der Waals surface area (Å²) < 4.78 is 7.31. The summed E-state index contributed by atoms with van der Waals surface area (Å²) in [5, 5.41) is 4.39. The minimum absolute atomic E-state index is 0.0952. The summed E-state index contributed by atoms with van der Waals surface area (Å²) in [6.45, 7) is 8.88. The lowest BCUT2D eigenvalue weighted by atomic mass is 10.1. The Morgan fingerprint density at radius 1 is 1.17 bits per heavy atom. The summed E-state index contributed by atoms with van der Waals surface area (Å²) in [5.41, 5.74) is 2.37. The Hall–Kier alpha value is -2.90. The van der Waals surface area contributed by atoms with E-state index in [0.717, 1.165) is 29.8 Å². The van der Waals surface area contributed by atoms with Crippen LogP contribution in [-0.2, 0) is 23.4 Å². The Labute approximate surface area is 176 Å². The van der Waals surface area contributed by atoms with Crippen LogP contribution in [0.2, 0.25) is 0 Å². The van der Waals surface area contributed by atoms with Gasteiger partial charge in [0.2, 0.25) is 0 Å². The third kappa shape index (κ3) is 3.66. The van der Waals surface area contributed by atoms with Gasteiger partial charge in [-0.25, -0.2) is 4.79 Å². The number of aromatic nitrogens is 3. The molecular formula is C22H29N5O3. The number of ether oxygens (including phenoxy) is 1. The van der Waals surface area contributed by atoms with Gasteiger partial charge in [-0.2, -0.15) is 5.10 Å². The normalized spacial score (nSPS) is 17.3. The van der Waals surface area contributed by atoms with E-state index in [2.05, 4.69) is 10.1 Å². The summed E-state index contributed by atoms with van der Waals surface area (Å²) in [6, 6.07) is 4.03. The van der Waals surface area contributed by atoms with Crippen molar-refractivity contribution in [2.75, 3.05) is 13.6 Å². The molecule has 3 heterocycles. The molecule has 1 fully saturated rings. The molecule has 0 bridgehead atoms. The third-order valence-electron chi connectivity index (χ3n) is 5.81.